The summed E-state index contributed by atoms with van der Waals surface area (Å²) in [5.74, 6) is 0. The SMILES string of the molecule is CC(C)(C)OC=O.NC1CCN(c2ccccc2)C(c2ccccc2)C1. The number of nitrogens with two attached hydrogens (primary N) is 1. The second kappa shape index (κ2) is 9.39. The van der Waals surface area contributed by atoms with E-state index in [1.807, 2.05) is 20.8 Å². The van der Waals surface area contributed by atoms with Crippen LogP contribution in [0.2, 0.25) is 0 Å². The number of anilines is 1. The fourth-order valence-corrected chi connectivity index (χ4v) is 3.06. The third-order valence-electron chi connectivity index (χ3n) is 4.32. The van der Waals surface area contributed by atoms with Crippen molar-refractivity contribution < 1.29 is 9.53 Å². The van der Waals surface area contributed by atoms with Gasteiger partial charge >= 0.3 is 0 Å². The lowest BCUT2D eigenvalue weighted by molar-refractivity contribution is -0.138. The molecule has 2 N–H and O–H groups in total. The maximum atomic E-state index is 9.60. The molecule has 2 atom stereocenters. The van der Waals surface area contributed by atoms with E-state index < -0.39 is 0 Å². The summed E-state index contributed by atoms with van der Waals surface area (Å²) in [4.78, 5) is 12.1. The highest BCUT2D eigenvalue weighted by Gasteiger charge is 2.27. The maximum Gasteiger partial charge on any atom is 0.293 e. The Labute approximate surface area is 157 Å². The zero-order chi connectivity index (χ0) is 19.0. The molecular formula is C22H30N2O2. The molecule has 0 spiro atoms. The summed E-state index contributed by atoms with van der Waals surface area (Å²) in [7, 11) is 0. The summed E-state index contributed by atoms with van der Waals surface area (Å²) in [5.41, 5.74) is 8.52. The molecule has 4 heteroatoms. The Kier molecular flexibility index (Phi) is 7.22. The molecule has 0 radical (unpaired) electrons. The number of benzene rings is 2. The second-order valence-electron chi connectivity index (χ2n) is 7.57. The highest BCUT2D eigenvalue weighted by Crippen LogP contribution is 2.34. The molecule has 26 heavy (non-hydrogen) atoms. The van der Waals surface area contributed by atoms with Crippen LogP contribution in [-0.2, 0) is 9.53 Å². The molecule has 1 aliphatic rings. The van der Waals surface area contributed by atoms with Crippen LogP contribution in [-0.4, -0.2) is 24.7 Å². The first-order chi connectivity index (χ1) is 12.4. The molecule has 2 unspecified atom stereocenters. The van der Waals surface area contributed by atoms with E-state index in [9.17, 15) is 4.79 Å². The number of hydrogen-bond acceptors (Lipinski definition) is 4. The predicted octanol–water partition coefficient (Wildman–Crippen LogP) is 4.31. The zero-order valence-corrected chi connectivity index (χ0v) is 16.0. The molecule has 1 heterocycles. The van der Waals surface area contributed by atoms with Gasteiger partial charge in [0.2, 0.25) is 0 Å². The fraction of sp³-hybridized carbons (Fsp3) is 0.409. The molecule has 2 aromatic carbocycles. The van der Waals surface area contributed by atoms with Crippen molar-refractivity contribution in [2.75, 3.05) is 11.4 Å². The number of rotatable bonds is 3. The minimum atomic E-state index is -0.318. The minimum absolute atomic E-state index is 0.310. The highest BCUT2D eigenvalue weighted by atomic mass is 16.5. The Balaban J connectivity index is 0.000000298. The normalized spacial score (nSPS) is 19.9. The minimum Gasteiger partial charge on any atom is -0.462 e. The van der Waals surface area contributed by atoms with Gasteiger partial charge in [-0.15, -0.1) is 0 Å². The topological polar surface area (TPSA) is 55.6 Å². The van der Waals surface area contributed by atoms with E-state index >= 15 is 0 Å². The van der Waals surface area contributed by atoms with Crippen LogP contribution in [0.5, 0.6) is 0 Å². The summed E-state index contributed by atoms with van der Waals surface area (Å²) in [6.07, 6.45) is 2.09. The van der Waals surface area contributed by atoms with Crippen LogP contribution in [0.3, 0.4) is 0 Å². The number of nitrogens with zero attached hydrogens (tertiary/aromatic N) is 1. The van der Waals surface area contributed by atoms with Crippen LogP contribution >= 0.6 is 0 Å². The van der Waals surface area contributed by atoms with Gasteiger partial charge in [0.15, 0.2) is 0 Å². The van der Waals surface area contributed by atoms with Gasteiger partial charge in [-0.05, 0) is 51.3 Å². The number of piperidine rings is 1. The van der Waals surface area contributed by atoms with Crippen molar-refractivity contribution >= 4 is 12.2 Å². The van der Waals surface area contributed by atoms with Gasteiger partial charge in [-0.25, -0.2) is 0 Å². The van der Waals surface area contributed by atoms with Crippen LogP contribution in [0.15, 0.2) is 60.7 Å². The van der Waals surface area contributed by atoms with E-state index in [0.29, 0.717) is 18.6 Å². The zero-order valence-electron chi connectivity index (χ0n) is 16.0. The molecule has 4 nitrogen and oxygen atoms in total. The Morgan fingerprint density at radius 2 is 1.62 bits per heavy atom. The molecule has 0 aromatic heterocycles. The lowest BCUT2D eigenvalue weighted by Crippen LogP contribution is -2.42. The molecule has 2 aromatic rings. The highest BCUT2D eigenvalue weighted by molar-refractivity contribution is 5.49. The first-order valence-corrected chi connectivity index (χ1v) is 9.14. The van der Waals surface area contributed by atoms with Gasteiger partial charge in [-0.3, -0.25) is 4.79 Å². The van der Waals surface area contributed by atoms with Crippen LogP contribution in [0.4, 0.5) is 5.69 Å². The first kappa shape index (κ1) is 20.0. The van der Waals surface area contributed by atoms with Gasteiger partial charge in [-0.1, -0.05) is 48.5 Å². The standard InChI is InChI=1S/C17H20N2.C5H10O2/c18-15-11-12-19(16-9-5-2-6-10-16)17(13-15)14-7-3-1-4-8-14;1-5(2,3)7-4-6/h1-10,15,17H,11-13,18H2;4H,1-3H3. The third kappa shape index (κ3) is 6.19. The van der Waals surface area contributed by atoms with Gasteiger partial charge in [0, 0.05) is 18.3 Å². The van der Waals surface area contributed by atoms with Crippen molar-refractivity contribution in [2.24, 2.45) is 5.73 Å². The average molecular weight is 354 g/mol. The van der Waals surface area contributed by atoms with Crippen molar-refractivity contribution in [3.8, 4) is 0 Å². The Morgan fingerprint density at radius 1 is 1.04 bits per heavy atom. The molecular weight excluding hydrogens is 324 g/mol. The van der Waals surface area contributed by atoms with Gasteiger partial charge in [0.05, 0.1) is 6.04 Å². The molecule has 0 saturated carbocycles. The summed E-state index contributed by atoms with van der Waals surface area (Å²) >= 11 is 0. The lowest BCUT2D eigenvalue weighted by atomic mass is 9.91. The van der Waals surface area contributed by atoms with Gasteiger partial charge in [0.1, 0.15) is 5.60 Å². The molecule has 0 aliphatic carbocycles. The summed E-state index contributed by atoms with van der Waals surface area (Å²) in [5, 5.41) is 0. The molecule has 1 aliphatic heterocycles. The van der Waals surface area contributed by atoms with Crippen molar-refractivity contribution in [1.82, 2.24) is 0 Å². The van der Waals surface area contributed by atoms with Crippen molar-refractivity contribution in [3.63, 3.8) is 0 Å². The number of hydrogen-bond donors (Lipinski definition) is 1. The monoisotopic (exact) mass is 354 g/mol. The van der Waals surface area contributed by atoms with Crippen LogP contribution in [0.25, 0.3) is 0 Å². The van der Waals surface area contributed by atoms with E-state index in [-0.39, 0.29) is 5.60 Å². The van der Waals surface area contributed by atoms with Crippen molar-refractivity contribution in [1.29, 1.82) is 0 Å². The molecule has 140 valence electrons. The van der Waals surface area contributed by atoms with Crippen molar-refractivity contribution in [3.05, 3.63) is 66.2 Å². The molecule has 1 saturated heterocycles. The molecule has 0 amide bonds. The quantitative estimate of drug-likeness (QED) is 0.834. The van der Waals surface area contributed by atoms with Crippen LogP contribution < -0.4 is 10.6 Å². The Hall–Kier alpha value is -2.33. The number of ether oxygens (including phenoxy) is 1. The van der Waals surface area contributed by atoms with Gasteiger partial charge < -0.3 is 15.4 Å². The molecule has 3 rings (SSSR count). The Bertz CT molecular complexity index is 653. The number of carbonyl (C=O) groups excluding carboxylic acids is 1. The molecule has 1 fully saturated rings. The maximum absolute atomic E-state index is 9.60. The van der Waals surface area contributed by atoms with E-state index in [4.69, 9.17) is 5.73 Å². The van der Waals surface area contributed by atoms with E-state index in [1.54, 1.807) is 0 Å². The van der Waals surface area contributed by atoms with Gasteiger partial charge in [-0.2, -0.15) is 0 Å². The second-order valence-corrected chi connectivity index (χ2v) is 7.57. The van der Waals surface area contributed by atoms with Crippen LogP contribution in [0, 0.1) is 0 Å². The number of carbonyl (C=O) groups is 1. The average Bonchev–Trinajstić information content (AvgIpc) is 2.63. The van der Waals surface area contributed by atoms with Crippen molar-refractivity contribution in [2.45, 2.75) is 51.3 Å². The first-order valence-electron chi connectivity index (χ1n) is 9.14. The smallest absolute Gasteiger partial charge is 0.293 e. The summed E-state index contributed by atoms with van der Waals surface area (Å²) in [6, 6.07) is 22.1. The summed E-state index contributed by atoms with van der Waals surface area (Å²) < 4.78 is 4.55. The Morgan fingerprint density at radius 3 is 2.12 bits per heavy atom. The number of para-hydroxylation sites is 1. The van der Waals surface area contributed by atoms with E-state index in [0.717, 1.165) is 19.4 Å². The predicted molar refractivity (Wildman–Crippen MR) is 107 cm³/mol. The van der Waals surface area contributed by atoms with Gasteiger partial charge in [0.25, 0.3) is 6.47 Å². The summed E-state index contributed by atoms with van der Waals surface area (Å²) in [6.45, 7) is 6.95. The lowest BCUT2D eigenvalue weighted by Gasteiger charge is -2.40. The third-order valence-corrected chi connectivity index (χ3v) is 4.32. The van der Waals surface area contributed by atoms with E-state index in [2.05, 4.69) is 70.3 Å². The van der Waals surface area contributed by atoms with E-state index in [1.165, 1.54) is 11.3 Å². The van der Waals surface area contributed by atoms with Crippen LogP contribution in [0.1, 0.15) is 45.2 Å². The largest absolute Gasteiger partial charge is 0.462 e. The fourth-order valence-electron chi connectivity index (χ4n) is 3.06. The molecule has 0 bridgehead atoms.